The highest BCUT2D eigenvalue weighted by atomic mass is 79.9. The molecule has 8 heteroatoms. The number of hydrogen-bond acceptors (Lipinski definition) is 4. The monoisotopic (exact) mass is 476 g/mol. The average Bonchev–Trinajstić information content (AvgIpc) is 2.68. The SMILES string of the molecule is CCC(C)Oc1ccc(/C=C2\C(=O)NC(=O)N(c3ccc(Cl)cc3)C2=O)cc1Br. The molecule has 1 fully saturated rings. The van der Waals surface area contributed by atoms with Crippen LogP contribution >= 0.6 is 27.5 Å². The van der Waals surface area contributed by atoms with Gasteiger partial charge >= 0.3 is 6.03 Å². The summed E-state index contributed by atoms with van der Waals surface area (Å²) in [7, 11) is 0. The van der Waals surface area contributed by atoms with Gasteiger partial charge in [-0.15, -0.1) is 0 Å². The number of hydrogen-bond donors (Lipinski definition) is 1. The van der Waals surface area contributed by atoms with Crippen LogP contribution in [-0.2, 0) is 9.59 Å². The Labute approximate surface area is 181 Å². The molecule has 0 aromatic heterocycles. The van der Waals surface area contributed by atoms with Crippen LogP contribution in [0.3, 0.4) is 0 Å². The number of nitrogens with one attached hydrogen (secondary N) is 1. The summed E-state index contributed by atoms with van der Waals surface area (Å²) in [6, 6.07) is 10.6. The van der Waals surface area contributed by atoms with E-state index in [1.165, 1.54) is 18.2 Å². The van der Waals surface area contributed by atoms with Crippen molar-refractivity contribution in [1.82, 2.24) is 5.32 Å². The maximum Gasteiger partial charge on any atom is 0.335 e. The van der Waals surface area contributed by atoms with Gasteiger partial charge in [-0.3, -0.25) is 14.9 Å². The Morgan fingerprint density at radius 2 is 1.86 bits per heavy atom. The quantitative estimate of drug-likeness (QED) is 0.488. The molecule has 2 aromatic carbocycles. The number of ether oxygens (including phenoxy) is 1. The van der Waals surface area contributed by atoms with Crippen LogP contribution in [0.1, 0.15) is 25.8 Å². The van der Waals surface area contributed by atoms with Crippen molar-refractivity contribution in [1.29, 1.82) is 0 Å². The third kappa shape index (κ3) is 4.68. The lowest BCUT2D eigenvalue weighted by molar-refractivity contribution is -0.122. The Hall–Kier alpha value is -2.64. The lowest BCUT2D eigenvalue weighted by atomic mass is 10.1. The third-order valence-electron chi connectivity index (χ3n) is 4.36. The van der Waals surface area contributed by atoms with Crippen molar-refractivity contribution in [2.24, 2.45) is 0 Å². The van der Waals surface area contributed by atoms with Crippen molar-refractivity contribution in [2.45, 2.75) is 26.4 Å². The van der Waals surface area contributed by atoms with Crippen molar-refractivity contribution >= 4 is 57.1 Å². The molecule has 0 bridgehead atoms. The van der Waals surface area contributed by atoms with Gasteiger partial charge in [0.2, 0.25) is 0 Å². The number of carbonyl (C=O) groups excluding carboxylic acids is 3. The van der Waals surface area contributed by atoms with Crippen LogP contribution in [-0.4, -0.2) is 23.9 Å². The van der Waals surface area contributed by atoms with E-state index in [2.05, 4.69) is 21.2 Å². The summed E-state index contributed by atoms with van der Waals surface area (Å²) in [5, 5.41) is 2.66. The maximum atomic E-state index is 12.9. The van der Waals surface area contributed by atoms with E-state index in [0.29, 0.717) is 26.5 Å². The smallest absolute Gasteiger partial charge is 0.335 e. The minimum Gasteiger partial charge on any atom is -0.490 e. The van der Waals surface area contributed by atoms with Crippen molar-refractivity contribution in [3.63, 3.8) is 0 Å². The van der Waals surface area contributed by atoms with Gasteiger partial charge in [-0.25, -0.2) is 9.69 Å². The molecular weight excluding hydrogens is 460 g/mol. The standard InChI is InChI=1S/C21H18BrClN2O4/c1-3-12(2)29-18-9-4-13(11-17(18)22)10-16-19(26)24-21(28)25(20(16)27)15-7-5-14(23)6-8-15/h4-12H,3H2,1-2H3,(H,24,26,28)/b16-10+. The van der Waals surface area contributed by atoms with Crippen LogP contribution in [0.25, 0.3) is 6.08 Å². The Morgan fingerprint density at radius 1 is 1.17 bits per heavy atom. The number of carbonyl (C=O) groups is 3. The summed E-state index contributed by atoms with van der Waals surface area (Å²) in [6.45, 7) is 3.99. The van der Waals surface area contributed by atoms with Gasteiger partial charge in [-0.2, -0.15) is 0 Å². The van der Waals surface area contributed by atoms with Gasteiger partial charge in [-0.05, 0) is 77.3 Å². The van der Waals surface area contributed by atoms with E-state index in [9.17, 15) is 14.4 Å². The second kappa shape index (κ2) is 8.80. The van der Waals surface area contributed by atoms with E-state index in [-0.39, 0.29) is 11.7 Å². The molecule has 1 unspecified atom stereocenters. The average molecular weight is 478 g/mol. The molecule has 0 aliphatic carbocycles. The Bertz CT molecular complexity index is 1000. The number of rotatable bonds is 5. The molecule has 1 N–H and O–H groups in total. The van der Waals surface area contributed by atoms with Crippen LogP contribution in [0.2, 0.25) is 5.02 Å². The van der Waals surface area contributed by atoms with Crippen molar-refractivity contribution in [2.75, 3.05) is 4.90 Å². The number of amides is 4. The van der Waals surface area contributed by atoms with E-state index in [1.54, 1.807) is 30.3 Å². The van der Waals surface area contributed by atoms with Crippen LogP contribution in [0.4, 0.5) is 10.5 Å². The highest BCUT2D eigenvalue weighted by Crippen LogP contribution is 2.29. The van der Waals surface area contributed by atoms with Gasteiger partial charge in [0.15, 0.2) is 0 Å². The van der Waals surface area contributed by atoms with Crippen molar-refractivity contribution in [3.8, 4) is 5.75 Å². The minimum atomic E-state index is -0.807. The lowest BCUT2D eigenvalue weighted by Gasteiger charge is -2.26. The largest absolute Gasteiger partial charge is 0.490 e. The summed E-state index contributed by atoms with van der Waals surface area (Å²) < 4.78 is 6.50. The van der Waals surface area contributed by atoms with Crippen LogP contribution in [0.15, 0.2) is 52.5 Å². The first-order chi connectivity index (χ1) is 13.8. The molecule has 1 atom stereocenters. The van der Waals surface area contributed by atoms with Crippen molar-refractivity contribution < 1.29 is 19.1 Å². The molecule has 0 spiro atoms. The van der Waals surface area contributed by atoms with E-state index in [1.807, 2.05) is 13.8 Å². The van der Waals surface area contributed by atoms with Gasteiger partial charge in [0.05, 0.1) is 16.3 Å². The normalized spacial score (nSPS) is 16.8. The Kier molecular flexibility index (Phi) is 6.39. The fraction of sp³-hybridized carbons (Fsp3) is 0.190. The molecule has 1 saturated heterocycles. The first-order valence-corrected chi connectivity index (χ1v) is 10.1. The Balaban J connectivity index is 1.92. The summed E-state index contributed by atoms with van der Waals surface area (Å²) in [5.41, 5.74) is 0.771. The zero-order chi connectivity index (χ0) is 21.1. The number of benzene rings is 2. The van der Waals surface area contributed by atoms with E-state index in [4.69, 9.17) is 16.3 Å². The molecule has 1 aliphatic heterocycles. The first-order valence-electron chi connectivity index (χ1n) is 8.93. The number of nitrogens with zero attached hydrogens (tertiary/aromatic N) is 1. The number of anilines is 1. The number of halogens is 2. The van der Waals surface area contributed by atoms with Crippen LogP contribution in [0.5, 0.6) is 5.75 Å². The van der Waals surface area contributed by atoms with Gasteiger partial charge in [-0.1, -0.05) is 24.6 Å². The number of barbiturate groups is 1. The fourth-order valence-corrected chi connectivity index (χ4v) is 3.27. The summed E-state index contributed by atoms with van der Waals surface area (Å²) in [5.74, 6) is -0.794. The predicted molar refractivity (Wildman–Crippen MR) is 115 cm³/mol. The topological polar surface area (TPSA) is 75.7 Å². The molecule has 1 heterocycles. The minimum absolute atomic E-state index is 0.0557. The maximum absolute atomic E-state index is 12.9. The van der Waals surface area contributed by atoms with Crippen LogP contribution < -0.4 is 15.0 Å². The number of urea groups is 1. The molecule has 3 rings (SSSR count). The molecule has 4 amide bonds. The van der Waals surface area contributed by atoms with Crippen LogP contribution in [0, 0.1) is 0 Å². The van der Waals surface area contributed by atoms with Gasteiger partial charge in [0, 0.05) is 5.02 Å². The molecule has 0 radical (unpaired) electrons. The van der Waals surface area contributed by atoms with Gasteiger partial charge in [0.1, 0.15) is 11.3 Å². The Morgan fingerprint density at radius 3 is 2.48 bits per heavy atom. The predicted octanol–water partition coefficient (Wildman–Crippen LogP) is 4.95. The third-order valence-corrected chi connectivity index (χ3v) is 5.23. The molecule has 150 valence electrons. The fourth-order valence-electron chi connectivity index (χ4n) is 2.65. The molecule has 0 saturated carbocycles. The van der Waals surface area contributed by atoms with E-state index >= 15 is 0 Å². The van der Waals surface area contributed by atoms with E-state index in [0.717, 1.165) is 11.3 Å². The lowest BCUT2D eigenvalue weighted by Crippen LogP contribution is -2.54. The summed E-state index contributed by atoms with van der Waals surface area (Å²) >= 11 is 9.31. The zero-order valence-corrected chi connectivity index (χ0v) is 18.1. The molecule has 6 nitrogen and oxygen atoms in total. The highest BCUT2D eigenvalue weighted by Gasteiger charge is 2.36. The summed E-state index contributed by atoms with van der Waals surface area (Å²) in [4.78, 5) is 38.3. The second-order valence-corrected chi connectivity index (χ2v) is 7.75. The second-order valence-electron chi connectivity index (χ2n) is 6.46. The van der Waals surface area contributed by atoms with Gasteiger partial charge in [0.25, 0.3) is 11.8 Å². The highest BCUT2D eigenvalue weighted by molar-refractivity contribution is 9.10. The summed E-state index contributed by atoms with van der Waals surface area (Å²) in [6.07, 6.45) is 2.35. The van der Waals surface area contributed by atoms with Gasteiger partial charge < -0.3 is 4.74 Å². The number of imide groups is 2. The molecular formula is C21H18BrClN2O4. The zero-order valence-electron chi connectivity index (χ0n) is 15.7. The van der Waals surface area contributed by atoms with Crippen molar-refractivity contribution in [3.05, 3.63) is 63.1 Å². The molecule has 2 aromatic rings. The molecule has 29 heavy (non-hydrogen) atoms. The van der Waals surface area contributed by atoms with E-state index < -0.39 is 17.8 Å². The molecule has 1 aliphatic rings. The first kappa shape index (κ1) is 21.1.